The van der Waals surface area contributed by atoms with Crippen molar-refractivity contribution in [3.63, 3.8) is 0 Å². The van der Waals surface area contributed by atoms with Crippen molar-refractivity contribution in [1.29, 1.82) is 0 Å². The third-order valence-electron chi connectivity index (χ3n) is 5.72. The molecule has 4 rings (SSSR count). The van der Waals surface area contributed by atoms with Gasteiger partial charge in [-0.3, -0.25) is 9.69 Å². The Hall–Kier alpha value is -2.90. The highest BCUT2D eigenvalue weighted by atomic mass is 35.5. The van der Waals surface area contributed by atoms with E-state index in [-0.39, 0.29) is 18.3 Å². The van der Waals surface area contributed by atoms with Gasteiger partial charge in [-0.25, -0.2) is 4.39 Å². The molecule has 1 aliphatic heterocycles. The largest absolute Gasteiger partial charge is 0.488 e. The number of benzene rings is 2. The monoisotopic (exact) mass is 457 g/mol. The van der Waals surface area contributed by atoms with Gasteiger partial charge >= 0.3 is 0 Å². The van der Waals surface area contributed by atoms with Crippen LogP contribution in [0.25, 0.3) is 0 Å². The molecule has 1 fully saturated rings. The smallest absolute Gasteiger partial charge is 0.276 e. The zero-order valence-corrected chi connectivity index (χ0v) is 18.9. The van der Waals surface area contributed by atoms with Gasteiger partial charge in [0.25, 0.3) is 5.91 Å². The normalized spacial score (nSPS) is 14.6. The van der Waals surface area contributed by atoms with Crippen molar-refractivity contribution < 1.29 is 18.4 Å². The molecule has 1 aliphatic rings. The van der Waals surface area contributed by atoms with Crippen LogP contribution in [0.5, 0.6) is 5.75 Å². The van der Waals surface area contributed by atoms with Crippen molar-refractivity contribution in [2.75, 3.05) is 26.2 Å². The summed E-state index contributed by atoms with van der Waals surface area (Å²) >= 11 is 6.15. The van der Waals surface area contributed by atoms with Gasteiger partial charge in [0, 0.05) is 37.7 Å². The van der Waals surface area contributed by atoms with Crippen molar-refractivity contribution in [3.05, 3.63) is 81.4 Å². The van der Waals surface area contributed by atoms with Gasteiger partial charge in [0.15, 0.2) is 5.69 Å². The number of hydrogen-bond donors (Lipinski definition) is 0. The van der Waals surface area contributed by atoms with Crippen LogP contribution in [0.15, 0.2) is 47.0 Å². The second kappa shape index (κ2) is 9.71. The second-order valence-electron chi connectivity index (χ2n) is 7.92. The first-order chi connectivity index (χ1) is 15.4. The fourth-order valence-electron chi connectivity index (χ4n) is 3.75. The highest BCUT2D eigenvalue weighted by Gasteiger charge is 2.28. The Labute approximate surface area is 191 Å². The van der Waals surface area contributed by atoms with Crippen molar-refractivity contribution in [1.82, 2.24) is 15.0 Å². The molecule has 2 aromatic carbocycles. The number of halogens is 2. The van der Waals surface area contributed by atoms with E-state index < -0.39 is 0 Å². The molecule has 168 valence electrons. The summed E-state index contributed by atoms with van der Waals surface area (Å²) in [6, 6.07) is 12.2. The van der Waals surface area contributed by atoms with Gasteiger partial charge in [0.1, 0.15) is 23.9 Å². The molecule has 8 heteroatoms. The van der Waals surface area contributed by atoms with Gasteiger partial charge < -0.3 is 14.2 Å². The lowest BCUT2D eigenvalue weighted by Crippen LogP contribution is -2.48. The van der Waals surface area contributed by atoms with E-state index in [2.05, 4.69) is 10.1 Å². The standard InChI is InChI=1S/C24H25ClFN3O3/c1-16-5-3-4-6-22(16)31-15-20-17(2)32-27-23(20)24(30)29-11-9-28(10-12-29)14-18-7-8-19(26)13-21(18)25/h3-8,13H,9-12,14-15H2,1-2H3. The van der Waals surface area contributed by atoms with E-state index in [9.17, 15) is 9.18 Å². The van der Waals surface area contributed by atoms with Crippen molar-refractivity contribution in [2.45, 2.75) is 27.0 Å². The number of para-hydroxylation sites is 1. The maximum Gasteiger partial charge on any atom is 0.276 e. The third kappa shape index (κ3) is 4.95. The fraction of sp³-hybridized carbons (Fsp3) is 0.333. The lowest BCUT2D eigenvalue weighted by Gasteiger charge is -2.34. The minimum Gasteiger partial charge on any atom is -0.488 e. The molecule has 0 spiro atoms. The van der Waals surface area contributed by atoms with Crippen LogP contribution in [0.3, 0.4) is 0 Å². The van der Waals surface area contributed by atoms with Crippen molar-refractivity contribution >= 4 is 17.5 Å². The summed E-state index contributed by atoms with van der Waals surface area (Å²) < 4.78 is 24.5. The van der Waals surface area contributed by atoms with Gasteiger partial charge in [0.05, 0.1) is 5.56 Å². The molecule has 0 radical (unpaired) electrons. The number of ether oxygens (including phenoxy) is 1. The number of nitrogens with zero attached hydrogens (tertiary/aromatic N) is 3. The highest BCUT2D eigenvalue weighted by Crippen LogP contribution is 2.23. The summed E-state index contributed by atoms with van der Waals surface area (Å²) in [5, 5.41) is 4.44. The number of piperazine rings is 1. The van der Waals surface area contributed by atoms with Gasteiger partial charge in [0.2, 0.25) is 0 Å². The minimum absolute atomic E-state index is 0.162. The number of hydrogen-bond acceptors (Lipinski definition) is 5. The second-order valence-corrected chi connectivity index (χ2v) is 8.33. The number of rotatable bonds is 6. The molecule has 1 saturated heterocycles. The molecule has 3 aromatic rings. The Morgan fingerprint density at radius 1 is 1.16 bits per heavy atom. The van der Waals surface area contributed by atoms with Crippen LogP contribution in [-0.2, 0) is 13.2 Å². The van der Waals surface area contributed by atoms with Gasteiger partial charge in [-0.2, -0.15) is 0 Å². The van der Waals surface area contributed by atoms with Crippen LogP contribution < -0.4 is 4.74 Å². The summed E-state index contributed by atoms with van der Waals surface area (Å²) in [6.45, 7) is 7.06. The summed E-state index contributed by atoms with van der Waals surface area (Å²) in [5.74, 6) is 0.829. The van der Waals surface area contributed by atoms with E-state index in [4.69, 9.17) is 20.9 Å². The average Bonchev–Trinajstić information content (AvgIpc) is 3.15. The predicted molar refractivity (Wildman–Crippen MR) is 119 cm³/mol. The van der Waals surface area contributed by atoms with E-state index in [0.29, 0.717) is 54.8 Å². The average molecular weight is 458 g/mol. The molecule has 0 N–H and O–H groups in total. The number of carbonyl (C=O) groups excluding carboxylic acids is 1. The molecular weight excluding hydrogens is 433 g/mol. The zero-order chi connectivity index (χ0) is 22.7. The summed E-state index contributed by atoms with van der Waals surface area (Å²) in [7, 11) is 0. The van der Waals surface area contributed by atoms with Crippen molar-refractivity contribution in [2.24, 2.45) is 0 Å². The zero-order valence-electron chi connectivity index (χ0n) is 18.1. The van der Waals surface area contributed by atoms with Crippen LogP contribution in [0.2, 0.25) is 5.02 Å². The molecule has 0 saturated carbocycles. The SMILES string of the molecule is Cc1ccccc1OCc1c(C(=O)N2CCN(Cc3ccc(F)cc3Cl)CC2)noc1C. The van der Waals surface area contributed by atoms with E-state index in [1.54, 1.807) is 17.9 Å². The topological polar surface area (TPSA) is 58.8 Å². The lowest BCUT2D eigenvalue weighted by atomic mass is 10.1. The Morgan fingerprint density at radius 2 is 1.91 bits per heavy atom. The molecule has 0 unspecified atom stereocenters. The molecule has 1 aromatic heterocycles. The summed E-state index contributed by atoms with van der Waals surface area (Å²) in [4.78, 5) is 17.1. The van der Waals surface area contributed by atoms with E-state index in [0.717, 1.165) is 16.9 Å². The van der Waals surface area contributed by atoms with Gasteiger partial charge in [-0.1, -0.05) is 41.0 Å². The first-order valence-corrected chi connectivity index (χ1v) is 10.9. The Kier molecular flexibility index (Phi) is 6.77. The number of carbonyl (C=O) groups is 1. The highest BCUT2D eigenvalue weighted by molar-refractivity contribution is 6.31. The number of aryl methyl sites for hydroxylation is 2. The molecule has 6 nitrogen and oxygen atoms in total. The third-order valence-corrected chi connectivity index (χ3v) is 6.07. The first-order valence-electron chi connectivity index (χ1n) is 10.5. The maximum absolute atomic E-state index is 13.3. The molecule has 1 amide bonds. The van der Waals surface area contributed by atoms with Crippen LogP contribution in [0.1, 0.15) is 32.9 Å². The lowest BCUT2D eigenvalue weighted by molar-refractivity contribution is 0.0616. The Bertz CT molecular complexity index is 1110. The van der Waals surface area contributed by atoms with Crippen LogP contribution in [-0.4, -0.2) is 47.0 Å². The van der Waals surface area contributed by atoms with E-state index in [1.165, 1.54) is 12.1 Å². The Morgan fingerprint density at radius 3 is 2.62 bits per heavy atom. The molecule has 0 bridgehead atoms. The molecule has 0 atom stereocenters. The summed E-state index contributed by atoms with van der Waals surface area (Å²) in [5.41, 5.74) is 2.85. The quantitative estimate of drug-likeness (QED) is 0.540. The van der Waals surface area contributed by atoms with Gasteiger partial charge in [-0.15, -0.1) is 0 Å². The van der Waals surface area contributed by atoms with Crippen LogP contribution >= 0.6 is 11.6 Å². The molecule has 2 heterocycles. The molecule has 0 aliphatic carbocycles. The summed E-state index contributed by atoms with van der Waals surface area (Å²) in [6.07, 6.45) is 0. The fourth-order valence-corrected chi connectivity index (χ4v) is 3.97. The predicted octanol–water partition coefficient (Wildman–Crippen LogP) is 4.62. The van der Waals surface area contributed by atoms with Crippen molar-refractivity contribution in [3.8, 4) is 5.75 Å². The number of aromatic nitrogens is 1. The van der Waals surface area contributed by atoms with Gasteiger partial charge in [-0.05, 0) is 43.2 Å². The van der Waals surface area contributed by atoms with Crippen LogP contribution in [0.4, 0.5) is 4.39 Å². The Balaban J connectivity index is 1.37. The van der Waals surface area contributed by atoms with E-state index in [1.807, 2.05) is 31.2 Å². The minimum atomic E-state index is -0.348. The number of amides is 1. The van der Waals surface area contributed by atoms with Crippen LogP contribution in [0, 0.1) is 19.7 Å². The maximum atomic E-state index is 13.3. The first kappa shape index (κ1) is 22.3. The molecule has 32 heavy (non-hydrogen) atoms. The molecular formula is C24H25ClFN3O3. The van der Waals surface area contributed by atoms with E-state index >= 15 is 0 Å².